The second-order valence-electron chi connectivity index (χ2n) is 6.34. The molecule has 1 atom stereocenters. The van der Waals surface area contributed by atoms with Crippen molar-refractivity contribution in [2.24, 2.45) is 0 Å². The standard InChI is InChI=1S/C17H20F2N2O4/c1-2-20-7-5-17(6-8-20)21(14(10-25-17)16(23)24)15(22)12-4-3-11(18)9-13(12)19/h3-4,9,14H,2,5-8,10H2,1H3,(H,23,24). The number of ether oxygens (including phenoxy) is 1. The normalized spacial score (nSPS) is 23.2. The van der Waals surface area contributed by atoms with Crippen molar-refractivity contribution in [2.75, 3.05) is 26.2 Å². The molecule has 8 heteroatoms. The molecule has 2 aliphatic rings. The molecule has 1 amide bonds. The first-order valence-corrected chi connectivity index (χ1v) is 8.26. The van der Waals surface area contributed by atoms with Gasteiger partial charge in [-0.1, -0.05) is 6.92 Å². The Morgan fingerprint density at radius 3 is 2.56 bits per heavy atom. The molecule has 1 aromatic carbocycles. The van der Waals surface area contributed by atoms with Crippen molar-refractivity contribution >= 4 is 11.9 Å². The Kier molecular flexibility index (Phi) is 4.75. The minimum Gasteiger partial charge on any atom is -0.480 e. The lowest BCUT2D eigenvalue weighted by Crippen LogP contribution is -2.58. The number of carbonyl (C=O) groups excluding carboxylic acids is 1. The number of halogens is 2. The van der Waals surface area contributed by atoms with E-state index in [0.717, 1.165) is 23.6 Å². The predicted octanol–water partition coefficient (Wildman–Crippen LogP) is 1.70. The zero-order chi connectivity index (χ0) is 18.2. The molecule has 25 heavy (non-hydrogen) atoms. The third-order valence-electron chi connectivity index (χ3n) is 5.01. The molecule has 1 N–H and O–H groups in total. The van der Waals surface area contributed by atoms with Crippen molar-refractivity contribution in [3.8, 4) is 0 Å². The van der Waals surface area contributed by atoms with Crippen LogP contribution >= 0.6 is 0 Å². The van der Waals surface area contributed by atoms with Crippen molar-refractivity contribution in [3.63, 3.8) is 0 Å². The maximum Gasteiger partial charge on any atom is 0.328 e. The molecular formula is C17H20F2N2O4. The summed E-state index contributed by atoms with van der Waals surface area (Å²) in [6.07, 6.45) is 0.887. The zero-order valence-corrected chi connectivity index (χ0v) is 13.9. The third-order valence-corrected chi connectivity index (χ3v) is 5.01. The molecule has 2 saturated heterocycles. The van der Waals surface area contributed by atoms with E-state index in [4.69, 9.17) is 4.74 Å². The summed E-state index contributed by atoms with van der Waals surface area (Å²) in [7, 11) is 0. The van der Waals surface area contributed by atoms with Gasteiger partial charge in [0.2, 0.25) is 0 Å². The van der Waals surface area contributed by atoms with Gasteiger partial charge < -0.3 is 14.7 Å². The van der Waals surface area contributed by atoms with E-state index in [9.17, 15) is 23.5 Å². The number of likely N-dealkylation sites (tertiary alicyclic amines) is 1. The van der Waals surface area contributed by atoms with Crippen LogP contribution < -0.4 is 0 Å². The Labute approximate surface area is 144 Å². The fourth-order valence-electron chi connectivity index (χ4n) is 3.57. The van der Waals surface area contributed by atoms with Crippen LogP contribution in [0, 0.1) is 11.6 Å². The van der Waals surface area contributed by atoms with E-state index in [1.54, 1.807) is 0 Å². The molecule has 1 spiro atoms. The van der Waals surface area contributed by atoms with Gasteiger partial charge in [-0.05, 0) is 18.7 Å². The average Bonchev–Trinajstić information content (AvgIpc) is 2.94. The molecule has 3 rings (SSSR count). The van der Waals surface area contributed by atoms with Crippen molar-refractivity contribution in [3.05, 3.63) is 35.4 Å². The van der Waals surface area contributed by atoms with Crippen LogP contribution in [0.5, 0.6) is 0 Å². The molecule has 0 saturated carbocycles. The molecule has 6 nitrogen and oxygen atoms in total. The number of aliphatic carboxylic acids is 1. The quantitative estimate of drug-likeness (QED) is 0.895. The Hall–Kier alpha value is -2.06. The number of nitrogens with zero attached hydrogens (tertiary/aromatic N) is 2. The first-order chi connectivity index (χ1) is 11.9. The SMILES string of the molecule is CCN1CCC2(CC1)OCC(C(=O)O)N2C(=O)c1ccc(F)cc1F. The van der Waals surface area contributed by atoms with E-state index in [1.165, 1.54) is 0 Å². The van der Waals surface area contributed by atoms with Crippen LogP contribution in [-0.2, 0) is 9.53 Å². The van der Waals surface area contributed by atoms with Crippen LogP contribution in [0.3, 0.4) is 0 Å². The van der Waals surface area contributed by atoms with Gasteiger partial charge in [-0.2, -0.15) is 0 Å². The summed E-state index contributed by atoms with van der Waals surface area (Å²) >= 11 is 0. The molecular weight excluding hydrogens is 334 g/mol. The number of hydrogen-bond donors (Lipinski definition) is 1. The molecule has 2 fully saturated rings. The summed E-state index contributed by atoms with van der Waals surface area (Å²) in [6, 6.07) is 1.45. The Bertz CT molecular complexity index is 689. The summed E-state index contributed by atoms with van der Waals surface area (Å²) in [6.45, 7) is 4.02. The van der Waals surface area contributed by atoms with Gasteiger partial charge in [-0.3, -0.25) is 9.69 Å². The molecule has 0 radical (unpaired) electrons. The molecule has 1 aromatic rings. The second kappa shape index (κ2) is 6.68. The van der Waals surface area contributed by atoms with Gasteiger partial charge >= 0.3 is 5.97 Å². The van der Waals surface area contributed by atoms with Crippen LogP contribution in [0.2, 0.25) is 0 Å². The smallest absolute Gasteiger partial charge is 0.328 e. The fourth-order valence-corrected chi connectivity index (χ4v) is 3.57. The number of carboxylic acid groups (broad SMARTS) is 1. The minimum atomic E-state index is -1.20. The molecule has 136 valence electrons. The number of piperidine rings is 1. The summed E-state index contributed by atoms with van der Waals surface area (Å²) < 4.78 is 33.0. The topological polar surface area (TPSA) is 70.1 Å². The predicted molar refractivity (Wildman–Crippen MR) is 84.0 cm³/mol. The first-order valence-electron chi connectivity index (χ1n) is 8.26. The second-order valence-corrected chi connectivity index (χ2v) is 6.34. The maximum absolute atomic E-state index is 14.1. The summed E-state index contributed by atoms with van der Waals surface area (Å²) in [5.41, 5.74) is -1.41. The summed E-state index contributed by atoms with van der Waals surface area (Å²) in [5, 5.41) is 9.47. The molecule has 2 aliphatic heterocycles. The number of benzene rings is 1. The molecule has 0 bridgehead atoms. The van der Waals surface area contributed by atoms with Crippen molar-refractivity contribution in [1.82, 2.24) is 9.80 Å². The highest BCUT2D eigenvalue weighted by atomic mass is 19.1. The lowest BCUT2D eigenvalue weighted by molar-refractivity contribution is -0.143. The van der Waals surface area contributed by atoms with Gasteiger partial charge in [0.1, 0.15) is 17.4 Å². The van der Waals surface area contributed by atoms with Gasteiger partial charge in [0, 0.05) is 32.0 Å². The van der Waals surface area contributed by atoms with Crippen molar-refractivity contribution < 1.29 is 28.2 Å². The van der Waals surface area contributed by atoms with Gasteiger partial charge in [0.15, 0.2) is 6.04 Å². The van der Waals surface area contributed by atoms with E-state index in [0.29, 0.717) is 32.0 Å². The van der Waals surface area contributed by atoms with Crippen LogP contribution in [0.1, 0.15) is 30.1 Å². The highest BCUT2D eigenvalue weighted by Crippen LogP contribution is 2.38. The molecule has 0 aliphatic carbocycles. The third kappa shape index (κ3) is 3.11. The van der Waals surface area contributed by atoms with Gasteiger partial charge in [0.25, 0.3) is 5.91 Å². The highest BCUT2D eigenvalue weighted by Gasteiger charge is 2.54. The lowest BCUT2D eigenvalue weighted by Gasteiger charge is -2.44. The van der Waals surface area contributed by atoms with E-state index in [1.807, 2.05) is 6.92 Å². The zero-order valence-electron chi connectivity index (χ0n) is 13.9. The van der Waals surface area contributed by atoms with Crippen LogP contribution in [0.15, 0.2) is 18.2 Å². The summed E-state index contributed by atoms with van der Waals surface area (Å²) in [4.78, 5) is 27.8. The molecule has 0 aromatic heterocycles. The van der Waals surface area contributed by atoms with Crippen molar-refractivity contribution in [1.29, 1.82) is 0 Å². The number of amides is 1. The number of hydrogen-bond acceptors (Lipinski definition) is 4. The first kappa shape index (κ1) is 17.8. The molecule has 2 heterocycles. The Morgan fingerprint density at radius 2 is 2.00 bits per heavy atom. The number of carboxylic acids is 1. The van der Waals surface area contributed by atoms with Gasteiger partial charge in [0.05, 0.1) is 12.2 Å². The van der Waals surface area contributed by atoms with Gasteiger partial charge in [-0.25, -0.2) is 13.6 Å². The van der Waals surface area contributed by atoms with Crippen molar-refractivity contribution in [2.45, 2.75) is 31.5 Å². The van der Waals surface area contributed by atoms with E-state index in [2.05, 4.69) is 4.90 Å². The minimum absolute atomic E-state index is 0.143. The van der Waals surface area contributed by atoms with Crippen LogP contribution in [-0.4, -0.2) is 64.8 Å². The maximum atomic E-state index is 14.1. The van der Waals surface area contributed by atoms with E-state index in [-0.39, 0.29) is 12.2 Å². The highest BCUT2D eigenvalue weighted by molar-refractivity contribution is 5.97. The monoisotopic (exact) mass is 354 g/mol. The Morgan fingerprint density at radius 1 is 1.32 bits per heavy atom. The lowest BCUT2D eigenvalue weighted by atomic mass is 9.96. The largest absolute Gasteiger partial charge is 0.480 e. The number of rotatable bonds is 3. The van der Waals surface area contributed by atoms with Gasteiger partial charge in [-0.15, -0.1) is 0 Å². The average molecular weight is 354 g/mol. The van der Waals surface area contributed by atoms with E-state index < -0.39 is 35.3 Å². The van der Waals surface area contributed by atoms with Crippen LogP contribution in [0.25, 0.3) is 0 Å². The van der Waals surface area contributed by atoms with E-state index >= 15 is 0 Å². The summed E-state index contributed by atoms with van der Waals surface area (Å²) in [5.74, 6) is -3.80. The fraction of sp³-hybridized carbons (Fsp3) is 0.529. The molecule has 1 unspecified atom stereocenters. The van der Waals surface area contributed by atoms with Crippen LogP contribution in [0.4, 0.5) is 8.78 Å². The number of carbonyl (C=O) groups is 2. The Balaban J connectivity index is 1.95.